The van der Waals surface area contributed by atoms with Gasteiger partial charge in [-0.3, -0.25) is 4.90 Å². The van der Waals surface area contributed by atoms with E-state index >= 15 is 0 Å². The Hall–Kier alpha value is -0.0900. The quantitative estimate of drug-likeness (QED) is 0.804. The standard InChI is InChI=1S/C14H23ClN2S/c1-2-7-16-10-12-5-8-17(9-6-12)11-13-3-4-14(15)18-13/h3-4,12,16H,2,5-11H2,1H3. The van der Waals surface area contributed by atoms with E-state index in [2.05, 4.69) is 23.2 Å². The Morgan fingerprint density at radius 3 is 2.78 bits per heavy atom. The van der Waals surface area contributed by atoms with Crippen molar-refractivity contribution < 1.29 is 0 Å². The second-order valence-electron chi connectivity index (χ2n) is 5.13. The third kappa shape index (κ3) is 4.54. The first-order chi connectivity index (χ1) is 8.78. The highest BCUT2D eigenvalue weighted by Gasteiger charge is 2.19. The molecule has 1 N–H and O–H groups in total. The normalized spacial score (nSPS) is 18.3. The van der Waals surface area contributed by atoms with Crippen molar-refractivity contribution in [2.24, 2.45) is 5.92 Å². The monoisotopic (exact) mass is 286 g/mol. The zero-order valence-corrected chi connectivity index (χ0v) is 12.7. The van der Waals surface area contributed by atoms with Gasteiger partial charge in [0.25, 0.3) is 0 Å². The molecule has 0 aliphatic carbocycles. The molecule has 0 aromatic carbocycles. The molecule has 0 unspecified atom stereocenters. The third-order valence-corrected chi connectivity index (χ3v) is 4.79. The molecule has 1 aromatic heterocycles. The van der Waals surface area contributed by atoms with Gasteiger partial charge in [0.05, 0.1) is 4.34 Å². The van der Waals surface area contributed by atoms with Crippen LogP contribution >= 0.6 is 22.9 Å². The second kappa shape index (κ2) is 7.49. The van der Waals surface area contributed by atoms with Crippen molar-refractivity contribution in [1.82, 2.24) is 10.2 Å². The van der Waals surface area contributed by atoms with Gasteiger partial charge in [0.1, 0.15) is 0 Å². The zero-order valence-electron chi connectivity index (χ0n) is 11.1. The fraction of sp³-hybridized carbons (Fsp3) is 0.714. The number of likely N-dealkylation sites (tertiary alicyclic amines) is 1. The van der Waals surface area contributed by atoms with E-state index in [0.29, 0.717) is 0 Å². The molecule has 18 heavy (non-hydrogen) atoms. The van der Waals surface area contributed by atoms with Crippen molar-refractivity contribution in [1.29, 1.82) is 0 Å². The number of nitrogens with zero attached hydrogens (tertiary/aromatic N) is 1. The second-order valence-corrected chi connectivity index (χ2v) is 6.93. The summed E-state index contributed by atoms with van der Waals surface area (Å²) in [4.78, 5) is 3.95. The fourth-order valence-corrected chi connectivity index (χ4v) is 3.62. The number of hydrogen-bond donors (Lipinski definition) is 1. The summed E-state index contributed by atoms with van der Waals surface area (Å²) in [7, 11) is 0. The van der Waals surface area contributed by atoms with Crippen LogP contribution in [0.5, 0.6) is 0 Å². The van der Waals surface area contributed by atoms with Crippen LogP contribution in [-0.4, -0.2) is 31.1 Å². The molecule has 1 aromatic rings. The van der Waals surface area contributed by atoms with Crippen LogP contribution in [0, 0.1) is 5.92 Å². The minimum atomic E-state index is 0.875. The summed E-state index contributed by atoms with van der Waals surface area (Å²) in [6.07, 6.45) is 3.89. The SMILES string of the molecule is CCCNCC1CCN(Cc2ccc(Cl)s2)CC1. The maximum atomic E-state index is 5.96. The van der Waals surface area contributed by atoms with Crippen molar-refractivity contribution in [3.63, 3.8) is 0 Å². The summed E-state index contributed by atoms with van der Waals surface area (Å²) in [6, 6.07) is 4.16. The number of halogens is 1. The maximum absolute atomic E-state index is 5.96. The number of piperidine rings is 1. The molecule has 0 atom stereocenters. The Labute approximate surface area is 119 Å². The molecule has 2 rings (SSSR count). The van der Waals surface area contributed by atoms with E-state index in [9.17, 15) is 0 Å². The smallest absolute Gasteiger partial charge is 0.0931 e. The maximum Gasteiger partial charge on any atom is 0.0931 e. The summed E-state index contributed by atoms with van der Waals surface area (Å²) in [6.45, 7) is 8.12. The molecule has 1 aliphatic rings. The molecule has 0 bridgehead atoms. The highest BCUT2D eigenvalue weighted by Crippen LogP contribution is 2.24. The highest BCUT2D eigenvalue weighted by atomic mass is 35.5. The molecule has 1 fully saturated rings. The van der Waals surface area contributed by atoms with Gasteiger partial charge in [0, 0.05) is 11.4 Å². The zero-order chi connectivity index (χ0) is 12.8. The molecule has 4 heteroatoms. The van der Waals surface area contributed by atoms with Gasteiger partial charge in [-0.15, -0.1) is 11.3 Å². The molecular weight excluding hydrogens is 264 g/mol. The first-order valence-corrected chi connectivity index (χ1v) is 8.14. The first kappa shape index (κ1) is 14.3. The van der Waals surface area contributed by atoms with E-state index in [1.807, 2.05) is 6.07 Å². The lowest BCUT2D eigenvalue weighted by molar-refractivity contribution is 0.177. The average Bonchev–Trinajstić information content (AvgIpc) is 2.77. The fourth-order valence-electron chi connectivity index (χ4n) is 2.49. The highest BCUT2D eigenvalue weighted by molar-refractivity contribution is 7.16. The molecule has 0 spiro atoms. The minimum absolute atomic E-state index is 0.875. The number of thiophene rings is 1. The van der Waals surface area contributed by atoms with Crippen LogP contribution in [0.2, 0.25) is 4.34 Å². The van der Waals surface area contributed by atoms with Crippen molar-refractivity contribution in [2.75, 3.05) is 26.2 Å². The lowest BCUT2D eigenvalue weighted by Gasteiger charge is -2.31. The summed E-state index contributed by atoms with van der Waals surface area (Å²) >= 11 is 7.67. The predicted octanol–water partition coefficient (Wildman–Crippen LogP) is 3.61. The lowest BCUT2D eigenvalue weighted by atomic mass is 9.97. The van der Waals surface area contributed by atoms with Gasteiger partial charge in [-0.05, 0) is 63.5 Å². The van der Waals surface area contributed by atoms with Gasteiger partial charge in [-0.2, -0.15) is 0 Å². The van der Waals surface area contributed by atoms with E-state index < -0.39 is 0 Å². The Balaban J connectivity index is 1.67. The Morgan fingerprint density at radius 1 is 1.39 bits per heavy atom. The summed E-state index contributed by atoms with van der Waals surface area (Å²) in [5.74, 6) is 0.875. The Morgan fingerprint density at radius 2 is 2.17 bits per heavy atom. The number of rotatable bonds is 6. The van der Waals surface area contributed by atoms with Gasteiger partial charge in [0.2, 0.25) is 0 Å². The van der Waals surface area contributed by atoms with Crippen LogP contribution in [0.4, 0.5) is 0 Å². The Kier molecular flexibility index (Phi) is 5.96. The molecule has 0 radical (unpaired) electrons. The van der Waals surface area contributed by atoms with E-state index in [-0.39, 0.29) is 0 Å². The Bertz CT molecular complexity index is 345. The van der Waals surface area contributed by atoms with Crippen molar-refractivity contribution >= 4 is 22.9 Å². The topological polar surface area (TPSA) is 15.3 Å². The van der Waals surface area contributed by atoms with Crippen LogP contribution < -0.4 is 5.32 Å². The van der Waals surface area contributed by atoms with Gasteiger partial charge < -0.3 is 5.32 Å². The summed E-state index contributed by atoms with van der Waals surface area (Å²) in [5.41, 5.74) is 0. The van der Waals surface area contributed by atoms with Gasteiger partial charge in [0.15, 0.2) is 0 Å². The molecule has 0 saturated carbocycles. The first-order valence-electron chi connectivity index (χ1n) is 6.95. The summed E-state index contributed by atoms with van der Waals surface area (Å²) < 4.78 is 0.906. The van der Waals surface area contributed by atoms with Crippen molar-refractivity contribution in [3.05, 3.63) is 21.3 Å². The molecular formula is C14H23ClN2S. The number of nitrogens with one attached hydrogen (secondary N) is 1. The van der Waals surface area contributed by atoms with Crippen LogP contribution in [-0.2, 0) is 6.54 Å². The third-order valence-electron chi connectivity index (χ3n) is 3.58. The predicted molar refractivity (Wildman–Crippen MR) is 80.5 cm³/mol. The number of hydrogen-bond acceptors (Lipinski definition) is 3. The largest absolute Gasteiger partial charge is 0.316 e. The van der Waals surface area contributed by atoms with E-state index in [4.69, 9.17) is 11.6 Å². The van der Waals surface area contributed by atoms with Crippen LogP contribution in [0.3, 0.4) is 0 Å². The van der Waals surface area contributed by atoms with Crippen molar-refractivity contribution in [2.45, 2.75) is 32.7 Å². The van der Waals surface area contributed by atoms with Crippen molar-refractivity contribution in [3.8, 4) is 0 Å². The molecule has 2 heterocycles. The van der Waals surface area contributed by atoms with Gasteiger partial charge in [-0.25, -0.2) is 0 Å². The molecule has 2 nitrogen and oxygen atoms in total. The van der Waals surface area contributed by atoms with Crippen LogP contribution in [0.25, 0.3) is 0 Å². The molecule has 0 amide bonds. The average molecular weight is 287 g/mol. The van der Waals surface area contributed by atoms with Gasteiger partial charge in [-0.1, -0.05) is 18.5 Å². The molecule has 1 saturated heterocycles. The molecule has 1 aliphatic heterocycles. The van der Waals surface area contributed by atoms with Crippen LogP contribution in [0.15, 0.2) is 12.1 Å². The summed E-state index contributed by atoms with van der Waals surface area (Å²) in [5, 5.41) is 3.54. The van der Waals surface area contributed by atoms with E-state index in [0.717, 1.165) is 23.3 Å². The van der Waals surface area contributed by atoms with Crippen LogP contribution in [0.1, 0.15) is 31.1 Å². The minimum Gasteiger partial charge on any atom is -0.316 e. The lowest BCUT2D eigenvalue weighted by Crippen LogP contribution is -2.36. The van der Waals surface area contributed by atoms with Gasteiger partial charge >= 0.3 is 0 Å². The molecule has 102 valence electrons. The van der Waals surface area contributed by atoms with E-state index in [1.165, 1.54) is 43.8 Å². The van der Waals surface area contributed by atoms with E-state index in [1.54, 1.807) is 11.3 Å².